The number of nitrogens with zero attached hydrogens (tertiary/aromatic N) is 2. The monoisotopic (exact) mass is 383 g/mol. The maximum absolute atomic E-state index is 5.11. The van der Waals surface area contributed by atoms with E-state index < -0.39 is 0 Å². The molecule has 1 aliphatic rings. The molecule has 1 atom stereocenters. The smallest absolute Gasteiger partial charge is 0.126 e. The molecule has 0 saturated carbocycles. The summed E-state index contributed by atoms with van der Waals surface area (Å²) >= 11 is 0. The van der Waals surface area contributed by atoms with Crippen LogP contribution in [-0.4, -0.2) is 18.9 Å². The number of hydrogen-bond donors (Lipinski definition) is 1. The van der Waals surface area contributed by atoms with Gasteiger partial charge in [-0.2, -0.15) is 0 Å². The summed E-state index contributed by atoms with van der Waals surface area (Å²) in [6.45, 7) is 6.99. The molecule has 0 spiro atoms. The topological polar surface area (TPSA) is 27.6 Å². The van der Waals surface area contributed by atoms with Gasteiger partial charge in [0, 0.05) is 18.8 Å². The van der Waals surface area contributed by atoms with Gasteiger partial charge >= 0.3 is 0 Å². The maximum Gasteiger partial charge on any atom is 0.126 e. The Morgan fingerprint density at radius 3 is 2.21 bits per heavy atom. The molecule has 3 heteroatoms. The molecule has 0 aliphatic carbocycles. The van der Waals surface area contributed by atoms with Gasteiger partial charge in [0.05, 0.1) is 12.6 Å². The highest BCUT2D eigenvalue weighted by atomic mass is 15.3. The number of rotatable bonds is 5. The first-order chi connectivity index (χ1) is 14.2. The van der Waals surface area contributed by atoms with E-state index in [1.54, 1.807) is 0 Å². The van der Waals surface area contributed by atoms with Gasteiger partial charge < -0.3 is 10.2 Å². The molecule has 0 bridgehead atoms. The van der Waals surface area contributed by atoms with Crippen LogP contribution in [0.5, 0.6) is 0 Å². The number of anilines is 1. The molecule has 4 rings (SSSR count). The van der Waals surface area contributed by atoms with Gasteiger partial charge in [-0.25, -0.2) is 0 Å². The van der Waals surface area contributed by atoms with Crippen molar-refractivity contribution in [2.75, 3.05) is 18.0 Å². The van der Waals surface area contributed by atoms with Gasteiger partial charge in [0.2, 0.25) is 0 Å². The Bertz CT molecular complexity index is 931. The summed E-state index contributed by atoms with van der Waals surface area (Å²) in [5.41, 5.74) is 5.06. The lowest BCUT2D eigenvalue weighted by Gasteiger charge is -2.37. The lowest BCUT2D eigenvalue weighted by molar-refractivity contribution is 0.599. The van der Waals surface area contributed by atoms with E-state index in [9.17, 15) is 0 Å². The average molecular weight is 384 g/mol. The number of amidine groups is 1. The fourth-order valence-electron chi connectivity index (χ4n) is 3.82. The van der Waals surface area contributed by atoms with Crippen LogP contribution in [0.2, 0.25) is 0 Å². The summed E-state index contributed by atoms with van der Waals surface area (Å²) in [5.74, 6) is 1.62. The predicted molar refractivity (Wildman–Crippen MR) is 123 cm³/mol. The van der Waals surface area contributed by atoms with Crippen LogP contribution in [0.15, 0.2) is 89.9 Å². The molecular weight excluding hydrogens is 354 g/mol. The Morgan fingerprint density at radius 2 is 1.55 bits per heavy atom. The molecule has 1 fully saturated rings. The van der Waals surface area contributed by atoms with E-state index in [2.05, 4.69) is 103 Å². The number of piperazine rings is 1. The zero-order chi connectivity index (χ0) is 20.1. The van der Waals surface area contributed by atoms with Crippen molar-refractivity contribution < 1.29 is 0 Å². The lowest BCUT2D eigenvalue weighted by atomic mass is 9.97. The van der Waals surface area contributed by atoms with Crippen molar-refractivity contribution >= 4 is 11.5 Å². The number of nitrogens with one attached hydrogen (secondary N) is 1. The molecule has 29 heavy (non-hydrogen) atoms. The van der Waals surface area contributed by atoms with Crippen molar-refractivity contribution in [1.29, 1.82) is 0 Å². The quantitative estimate of drug-likeness (QED) is 0.625. The number of aliphatic imine (C=N–C) groups is 1. The first kappa shape index (κ1) is 19.4. The molecule has 3 nitrogen and oxygen atoms in total. The molecule has 1 heterocycles. The second kappa shape index (κ2) is 9.06. The molecule has 3 aromatic rings. The Morgan fingerprint density at radius 1 is 0.897 bits per heavy atom. The first-order valence-corrected chi connectivity index (χ1v) is 10.5. The summed E-state index contributed by atoms with van der Waals surface area (Å²) in [6.07, 6.45) is 0. The Balaban J connectivity index is 1.69. The van der Waals surface area contributed by atoms with Crippen LogP contribution < -0.4 is 10.2 Å². The lowest BCUT2D eigenvalue weighted by Crippen LogP contribution is -2.50. The van der Waals surface area contributed by atoms with Crippen molar-refractivity contribution in [1.82, 2.24) is 5.32 Å². The van der Waals surface area contributed by atoms with Gasteiger partial charge in [-0.3, -0.25) is 4.99 Å². The number of benzene rings is 3. The minimum Gasteiger partial charge on any atom is -0.327 e. The molecule has 1 saturated heterocycles. The van der Waals surface area contributed by atoms with Crippen molar-refractivity contribution in [3.63, 3.8) is 0 Å². The van der Waals surface area contributed by atoms with Gasteiger partial charge in [0.1, 0.15) is 5.84 Å². The van der Waals surface area contributed by atoms with Crippen molar-refractivity contribution in [2.24, 2.45) is 4.99 Å². The van der Waals surface area contributed by atoms with Crippen LogP contribution in [0.4, 0.5) is 5.69 Å². The van der Waals surface area contributed by atoms with Crippen molar-refractivity contribution in [3.8, 4) is 0 Å². The largest absolute Gasteiger partial charge is 0.327 e. The summed E-state index contributed by atoms with van der Waals surface area (Å²) < 4.78 is 0. The summed E-state index contributed by atoms with van der Waals surface area (Å²) in [5, 5.41) is 3.70. The Hall–Kier alpha value is -2.91. The normalized spacial score (nSPS) is 18.4. The number of para-hydroxylation sites is 1. The second-order valence-corrected chi connectivity index (χ2v) is 7.86. The molecule has 0 radical (unpaired) electrons. The van der Waals surface area contributed by atoms with Crippen LogP contribution in [0.25, 0.3) is 0 Å². The van der Waals surface area contributed by atoms with Crippen LogP contribution >= 0.6 is 0 Å². The van der Waals surface area contributed by atoms with E-state index in [1.165, 1.54) is 22.4 Å². The zero-order valence-electron chi connectivity index (χ0n) is 17.3. The molecular formula is C26H29N3. The van der Waals surface area contributed by atoms with Crippen molar-refractivity contribution in [2.45, 2.75) is 32.4 Å². The minimum atomic E-state index is 0.0916. The predicted octanol–water partition coefficient (Wildman–Crippen LogP) is 5.56. The van der Waals surface area contributed by atoms with E-state index in [0.29, 0.717) is 12.5 Å². The molecule has 3 aromatic carbocycles. The second-order valence-electron chi connectivity index (χ2n) is 7.86. The van der Waals surface area contributed by atoms with Crippen LogP contribution in [0, 0.1) is 0 Å². The molecule has 1 N–H and O–H groups in total. The third-order valence-electron chi connectivity index (χ3n) is 5.49. The third kappa shape index (κ3) is 4.57. The Kier molecular flexibility index (Phi) is 6.06. The molecule has 0 amide bonds. The fraction of sp³-hybridized carbons (Fsp3) is 0.269. The van der Waals surface area contributed by atoms with Crippen LogP contribution in [0.1, 0.15) is 42.5 Å². The van der Waals surface area contributed by atoms with E-state index in [4.69, 9.17) is 4.99 Å². The highest BCUT2D eigenvalue weighted by Gasteiger charge is 2.28. The zero-order valence-corrected chi connectivity index (χ0v) is 17.3. The summed E-state index contributed by atoms with van der Waals surface area (Å²) in [6, 6.07) is 30.2. The SMILES string of the molecule is CC(C)c1ccc(C2NCCN(c3ccccc3)/C2=N\Cc2ccccc2)cc1. The van der Waals surface area contributed by atoms with Gasteiger partial charge in [0.15, 0.2) is 0 Å². The number of hydrogen-bond acceptors (Lipinski definition) is 2. The van der Waals surface area contributed by atoms with E-state index in [1.807, 2.05) is 6.07 Å². The Labute approximate surface area is 174 Å². The van der Waals surface area contributed by atoms with E-state index >= 15 is 0 Å². The maximum atomic E-state index is 5.11. The molecule has 0 aromatic heterocycles. The minimum absolute atomic E-state index is 0.0916. The average Bonchev–Trinajstić information content (AvgIpc) is 2.79. The fourth-order valence-corrected chi connectivity index (χ4v) is 3.82. The van der Waals surface area contributed by atoms with Crippen LogP contribution in [-0.2, 0) is 6.54 Å². The first-order valence-electron chi connectivity index (χ1n) is 10.5. The van der Waals surface area contributed by atoms with E-state index in [0.717, 1.165) is 18.9 Å². The molecule has 1 aliphatic heterocycles. The highest BCUT2D eigenvalue weighted by molar-refractivity contribution is 6.02. The van der Waals surface area contributed by atoms with Crippen LogP contribution in [0.3, 0.4) is 0 Å². The summed E-state index contributed by atoms with van der Waals surface area (Å²) in [7, 11) is 0. The molecule has 148 valence electrons. The summed E-state index contributed by atoms with van der Waals surface area (Å²) in [4.78, 5) is 7.47. The molecule has 1 unspecified atom stereocenters. The van der Waals surface area contributed by atoms with Gasteiger partial charge in [0.25, 0.3) is 0 Å². The van der Waals surface area contributed by atoms with Gasteiger partial charge in [-0.1, -0.05) is 86.6 Å². The van der Waals surface area contributed by atoms with E-state index in [-0.39, 0.29) is 6.04 Å². The van der Waals surface area contributed by atoms with Crippen molar-refractivity contribution in [3.05, 3.63) is 102 Å². The highest BCUT2D eigenvalue weighted by Crippen LogP contribution is 2.27. The standard InChI is InChI=1S/C26H29N3/c1-20(2)22-13-15-23(16-14-22)25-26(28-19-21-9-5-3-6-10-21)29(18-17-27-25)24-11-7-4-8-12-24/h3-16,20,25,27H,17-19H2,1-2H3/b28-26-. The third-order valence-corrected chi connectivity index (χ3v) is 5.49. The van der Waals surface area contributed by atoms with Gasteiger partial charge in [-0.05, 0) is 34.7 Å². The van der Waals surface area contributed by atoms with Gasteiger partial charge in [-0.15, -0.1) is 0 Å².